The minimum absolute atomic E-state index is 0.0883. The summed E-state index contributed by atoms with van der Waals surface area (Å²) in [5.41, 5.74) is 0.850. The van der Waals surface area contributed by atoms with Crippen LogP contribution in [0.15, 0.2) is 30.3 Å². The molecule has 17 heavy (non-hydrogen) atoms. The van der Waals surface area contributed by atoms with Gasteiger partial charge in [0.25, 0.3) is 0 Å². The second-order valence-electron chi connectivity index (χ2n) is 4.68. The first-order chi connectivity index (χ1) is 8.23. The molecule has 1 unspecified atom stereocenters. The van der Waals surface area contributed by atoms with E-state index in [1.165, 1.54) is 0 Å². The van der Waals surface area contributed by atoms with Crippen LogP contribution in [-0.2, 0) is 10.2 Å². The van der Waals surface area contributed by atoms with Crippen molar-refractivity contribution in [1.82, 2.24) is 5.32 Å². The van der Waals surface area contributed by atoms with Crippen LogP contribution in [0.5, 0.6) is 0 Å². The zero-order chi connectivity index (χ0) is 12.3. The van der Waals surface area contributed by atoms with Crippen LogP contribution >= 0.6 is 11.6 Å². The van der Waals surface area contributed by atoms with E-state index in [0.29, 0.717) is 5.88 Å². The molecule has 2 nitrogen and oxygen atoms in total. The Morgan fingerprint density at radius 3 is 2.53 bits per heavy atom. The molecule has 0 aromatic heterocycles. The Hall–Kier alpha value is -1.02. The molecule has 1 aliphatic carbocycles. The van der Waals surface area contributed by atoms with Gasteiger partial charge in [-0.2, -0.15) is 0 Å². The molecular weight excluding hydrogens is 234 g/mol. The monoisotopic (exact) mass is 251 g/mol. The average molecular weight is 252 g/mol. The fourth-order valence-corrected chi connectivity index (χ4v) is 2.40. The van der Waals surface area contributed by atoms with Crippen molar-refractivity contribution in [3.8, 4) is 0 Å². The van der Waals surface area contributed by atoms with Gasteiger partial charge in [0.1, 0.15) is 0 Å². The number of rotatable bonds is 5. The van der Waals surface area contributed by atoms with Crippen molar-refractivity contribution in [2.24, 2.45) is 0 Å². The highest BCUT2D eigenvalue weighted by Gasteiger charge is 2.51. The highest BCUT2D eigenvalue weighted by atomic mass is 35.5. The minimum atomic E-state index is -0.277. The lowest BCUT2D eigenvalue weighted by molar-refractivity contribution is -0.124. The Morgan fingerprint density at radius 2 is 2.06 bits per heavy atom. The Balaban J connectivity index is 2.09. The predicted molar refractivity (Wildman–Crippen MR) is 70.3 cm³/mol. The Bertz CT molecular complexity index is 382. The summed E-state index contributed by atoms with van der Waals surface area (Å²) in [5, 5.41) is 3.05. The van der Waals surface area contributed by atoms with Gasteiger partial charge in [-0.05, 0) is 24.8 Å². The maximum atomic E-state index is 12.3. The molecule has 0 saturated heterocycles. The maximum Gasteiger partial charge on any atom is 0.230 e. The van der Waals surface area contributed by atoms with Crippen LogP contribution in [-0.4, -0.2) is 17.8 Å². The second kappa shape index (κ2) is 5.09. The molecule has 1 fully saturated rings. The summed E-state index contributed by atoms with van der Waals surface area (Å²) in [7, 11) is 0. The normalized spacial score (nSPS) is 18.5. The Morgan fingerprint density at radius 1 is 1.41 bits per heavy atom. The number of benzene rings is 1. The molecule has 0 bridgehead atoms. The molecule has 0 heterocycles. The van der Waals surface area contributed by atoms with Crippen molar-refractivity contribution < 1.29 is 4.79 Å². The summed E-state index contributed by atoms with van der Waals surface area (Å²) >= 11 is 5.81. The maximum absolute atomic E-state index is 12.3. The van der Waals surface area contributed by atoms with E-state index in [1.807, 2.05) is 37.3 Å². The van der Waals surface area contributed by atoms with Crippen molar-refractivity contribution in [2.45, 2.75) is 37.6 Å². The summed E-state index contributed by atoms with van der Waals surface area (Å²) in [4.78, 5) is 12.3. The van der Waals surface area contributed by atoms with Crippen LogP contribution < -0.4 is 5.32 Å². The molecule has 1 aromatic carbocycles. The third-order valence-electron chi connectivity index (χ3n) is 3.53. The van der Waals surface area contributed by atoms with Crippen LogP contribution in [0.4, 0.5) is 0 Å². The summed E-state index contributed by atoms with van der Waals surface area (Å²) < 4.78 is 0. The molecule has 0 radical (unpaired) electrons. The first-order valence-electron chi connectivity index (χ1n) is 6.15. The van der Waals surface area contributed by atoms with Gasteiger partial charge in [0.2, 0.25) is 5.91 Å². The van der Waals surface area contributed by atoms with E-state index in [-0.39, 0.29) is 17.4 Å². The van der Waals surface area contributed by atoms with Crippen molar-refractivity contribution in [3.05, 3.63) is 35.9 Å². The lowest BCUT2D eigenvalue weighted by Gasteiger charge is -2.20. The van der Waals surface area contributed by atoms with Gasteiger partial charge >= 0.3 is 0 Å². The average Bonchev–Trinajstić information content (AvgIpc) is 3.18. The molecule has 1 amide bonds. The second-order valence-corrected chi connectivity index (χ2v) is 4.99. The van der Waals surface area contributed by atoms with E-state index in [0.717, 1.165) is 24.8 Å². The van der Waals surface area contributed by atoms with Gasteiger partial charge in [0, 0.05) is 11.9 Å². The number of alkyl halides is 1. The molecule has 1 aliphatic rings. The molecule has 0 spiro atoms. The standard InChI is InChI=1S/C14H18ClNO/c1-2-12(10-15)16-13(17)14(8-9-14)11-6-4-3-5-7-11/h3-7,12H,2,8-10H2,1H3,(H,16,17). The highest BCUT2D eigenvalue weighted by Crippen LogP contribution is 2.48. The van der Waals surface area contributed by atoms with Crippen molar-refractivity contribution in [2.75, 3.05) is 5.88 Å². The summed E-state index contributed by atoms with van der Waals surface area (Å²) in [6.07, 6.45) is 2.77. The van der Waals surface area contributed by atoms with Crippen LogP contribution in [0.25, 0.3) is 0 Å². The molecule has 1 saturated carbocycles. The number of halogens is 1. The van der Waals surface area contributed by atoms with Gasteiger partial charge in [-0.1, -0.05) is 37.3 Å². The number of carbonyl (C=O) groups excluding carboxylic acids is 1. The van der Waals surface area contributed by atoms with Crippen molar-refractivity contribution in [1.29, 1.82) is 0 Å². The van der Waals surface area contributed by atoms with Gasteiger partial charge in [0.15, 0.2) is 0 Å². The van der Waals surface area contributed by atoms with E-state index in [2.05, 4.69) is 5.32 Å². The molecule has 1 N–H and O–H groups in total. The van der Waals surface area contributed by atoms with Crippen LogP contribution in [0.2, 0.25) is 0 Å². The predicted octanol–water partition coefficient (Wildman–Crippen LogP) is 2.85. The summed E-state index contributed by atoms with van der Waals surface area (Å²) in [6.45, 7) is 2.04. The smallest absolute Gasteiger partial charge is 0.230 e. The zero-order valence-corrected chi connectivity index (χ0v) is 10.8. The topological polar surface area (TPSA) is 29.1 Å². The third-order valence-corrected chi connectivity index (χ3v) is 3.90. The van der Waals surface area contributed by atoms with Gasteiger partial charge in [0.05, 0.1) is 5.41 Å². The van der Waals surface area contributed by atoms with Gasteiger partial charge in [-0.25, -0.2) is 0 Å². The highest BCUT2D eigenvalue weighted by molar-refractivity contribution is 6.18. The molecule has 1 atom stereocenters. The third kappa shape index (κ3) is 2.47. The van der Waals surface area contributed by atoms with Crippen molar-refractivity contribution >= 4 is 17.5 Å². The fourth-order valence-electron chi connectivity index (χ4n) is 2.10. The molecular formula is C14H18ClNO. The van der Waals surface area contributed by atoms with Gasteiger partial charge in [-0.3, -0.25) is 4.79 Å². The van der Waals surface area contributed by atoms with Crippen molar-refractivity contribution in [3.63, 3.8) is 0 Å². The Kier molecular flexibility index (Phi) is 3.72. The lowest BCUT2D eigenvalue weighted by atomic mass is 9.94. The first-order valence-corrected chi connectivity index (χ1v) is 6.69. The SMILES string of the molecule is CCC(CCl)NC(=O)C1(c2ccccc2)CC1. The molecule has 3 heteroatoms. The number of hydrogen-bond donors (Lipinski definition) is 1. The van der Waals surface area contributed by atoms with Crippen LogP contribution in [0.1, 0.15) is 31.7 Å². The van der Waals surface area contributed by atoms with Crippen LogP contribution in [0.3, 0.4) is 0 Å². The molecule has 1 aromatic rings. The van der Waals surface area contributed by atoms with E-state index >= 15 is 0 Å². The first kappa shape index (κ1) is 12.4. The lowest BCUT2D eigenvalue weighted by Crippen LogP contribution is -2.42. The van der Waals surface area contributed by atoms with E-state index in [9.17, 15) is 4.79 Å². The molecule has 2 rings (SSSR count). The number of nitrogens with one attached hydrogen (secondary N) is 1. The summed E-state index contributed by atoms with van der Waals surface area (Å²) in [6, 6.07) is 10.1. The number of amides is 1. The Labute approximate surface area is 107 Å². The number of carbonyl (C=O) groups is 1. The van der Waals surface area contributed by atoms with Gasteiger partial charge in [-0.15, -0.1) is 11.6 Å². The summed E-state index contributed by atoms with van der Waals surface area (Å²) in [5.74, 6) is 0.615. The largest absolute Gasteiger partial charge is 0.351 e. The fraction of sp³-hybridized carbons (Fsp3) is 0.500. The van der Waals surface area contributed by atoms with E-state index in [4.69, 9.17) is 11.6 Å². The minimum Gasteiger partial charge on any atom is -0.351 e. The van der Waals surface area contributed by atoms with Gasteiger partial charge < -0.3 is 5.32 Å². The number of hydrogen-bond acceptors (Lipinski definition) is 1. The van der Waals surface area contributed by atoms with E-state index < -0.39 is 0 Å². The quantitative estimate of drug-likeness (QED) is 0.801. The zero-order valence-electron chi connectivity index (χ0n) is 10.1. The van der Waals surface area contributed by atoms with E-state index in [1.54, 1.807) is 0 Å². The van der Waals surface area contributed by atoms with Crippen LogP contribution in [0, 0.1) is 0 Å². The molecule has 0 aliphatic heterocycles. The molecule has 92 valence electrons.